The summed E-state index contributed by atoms with van der Waals surface area (Å²) in [5.74, 6) is 1.46. The first-order chi connectivity index (χ1) is 12.1. The summed E-state index contributed by atoms with van der Waals surface area (Å²) in [6.45, 7) is 3.86. The van der Waals surface area contributed by atoms with E-state index in [0.29, 0.717) is 25.5 Å². The molecule has 2 aromatic rings. The number of hydrogen-bond donors (Lipinski definition) is 1. The van der Waals surface area contributed by atoms with Gasteiger partial charge in [-0.1, -0.05) is 0 Å². The van der Waals surface area contributed by atoms with Crippen LogP contribution in [0.3, 0.4) is 0 Å². The van der Waals surface area contributed by atoms with Gasteiger partial charge >= 0.3 is 0 Å². The summed E-state index contributed by atoms with van der Waals surface area (Å²) < 4.78 is 11.2. The molecule has 1 fully saturated rings. The van der Waals surface area contributed by atoms with Gasteiger partial charge in [-0.3, -0.25) is 4.79 Å². The number of aromatic nitrogens is 1. The highest BCUT2D eigenvalue weighted by Crippen LogP contribution is 2.35. The van der Waals surface area contributed by atoms with Crippen LogP contribution in [0.4, 0.5) is 0 Å². The molecule has 132 valence electrons. The van der Waals surface area contributed by atoms with Gasteiger partial charge in [0.05, 0.1) is 0 Å². The predicted molar refractivity (Wildman–Crippen MR) is 96.2 cm³/mol. The molecule has 3 heterocycles. The van der Waals surface area contributed by atoms with Crippen LogP contribution in [0.1, 0.15) is 30.3 Å². The molecule has 0 bridgehead atoms. The SMILES string of the molecule is C[C@@H]1C[C@@H](N)CCN1C(=O)c1csc(-c2ccc3c(c2)OCCO3)n1. The maximum atomic E-state index is 12.8. The quantitative estimate of drug-likeness (QED) is 0.891. The van der Waals surface area contributed by atoms with Crippen molar-refractivity contribution in [2.24, 2.45) is 5.73 Å². The Morgan fingerprint density at radius 2 is 2.12 bits per heavy atom. The molecule has 2 atom stereocenters. The number of nitrogens with zero attached hydrogens (tertiary/aromatic N) is 2. The zero-order chi connectivity index (χ0) is 17.4. The van der Waals surface area contributed by atoms with Crippen LogP contribution in [-0.4, -0.2) is 47.6 Å². The molecule has 0 unspecified atom stereocenters. The van der Waals surface area contributed by atoms with Crippen LogP contribution in [0, 0.1) is 0 Å². The molecule has 0 spiro atoms. The molecule has 7 heteroatoms. The van der Waals surface area contributed by atoms with Crippen molar-refractivity contribution < 1.29 is 14.3 Å². The molecule has 2 N–H and O–H groups in total. The largest absolute Gasteiger partial charge is 0.486 e. The van der Waals surface area contributed by atoms with Gasteiger partial charge in [0.25, 0.3) is 5.91 Å². The van der Waals surface area contributed by atoms with Gasteiger partial charge in [-0.05, 0) is 38.0 Å². The van der Waals surface area contributed by atoms with Crippen molar-refractivity contribution in [3.63, 3.8) is 0 Å². The van der Waals surface area contributed by atoms with E-state index in [2.05, 4.69) is 4.98 Å². The van der Waals surface area contributed by atoms with Crippen molar-refractivity contribution in [1.82, 2.24) is 9.88 Å². The number of ether oxygens (including phenoxy) is 2. The van der Waals surface area contributed by atoms with Crippen LogP contribution in [-0.2, 0) is 0 Å². The van der Waals surface area contributed by atoms with Crippen LogP contribution >= 0.6 is 11.3 Å². The van der Waals surface area contributed by atoms with Crippen molar-refractivity contribution in [3.8, 4) is 22.1 Å². The smallest absolute Gasteiger partial charge is 0.273 e. The molecule has 2 aliphatic heterocycles. The fraction of sp³-hybridized carbons (Fsp3) is 0.444. The first kappa shape index (κ1) is 16.4. The summed E-state index contributed by atoms with van der Waals surface area (Å²) >= 11 is 1.47. The lowest BCUT2D eigenvalue weighted by Gasteiger charge is -2.35. The van der Waals surface area contributed by atoms with Gasteiger partial charge in [0, 0.05) is 29.6 Å². The van der Waals surface area contributed by atoms with Gasteiger partial charge in [-0.2, -0.15) is 0 Å². The van der Waals surface area contributed by atoms with Crippen molar-refractivity contribution in [1.29, 1.82) is 0 Å². The molecule has 0 saturated carbocycles. The molecule has 4 rings (SSSR count). The topological polar surface area (TPSA) is 77.7 Å². The Morgan fingerprint density at radius 3 is 2.92 bits per heavy atom. The minimum atomic E-state index is -0.0144. The molecule has 1 aromatic carbocycles. The molecule has 6 nitrogen and oxygen atoms in total. The summed E-state index contributed by atoms with van der Waals surface area (Å²) in [6, 6.07) is 6.09. The van der Waals surface area contributed by atoms with E-state index in [0.717, 1.165) is 34.9 Å². The van der Waals surface area contributed by atoms with Crippen LogP contribution < -0.4 is 15.2 Å². The van der Waals surface area contributed by atoms with Gasteiger partial charge < -0.3 is 20.1 Å². The number of likely N-dealkylation sites (tertiary alicyclic amines) is 1. The second-order valence-electron chi connectivity index (χ2n) is 6.53. The van der Waals surface area contributed by atoms with Gasteiger partial charge in [0.2, 0.25) is 0 Å². The highest BCUT2D eigenvalue weighted by Gasteiger charge is 2.29. The summed E-state index contributed by atoms with van der Waals surface area (Å²) in [7, 11) is 0. The standard InChI is InChI=1S/C18H21N3O3S/c1-11-8-13(19)4-5-21(11)18(22)14-10-25-17(20-14)12-2-3-15-16(9-12)24-7-6-23-15/h2-3,9-11,13H,4-8,19H2,1H3/t11-,13+/m1/s1. The minimum absolute atomic E-state index is 0.0144. The summed E-state index contributed by atoms with van der Waals surface area (Å²) in [5.41, 5.74) is 7.42. The number of thiazole rings is 1. The Bertz CT molecular complexity index is 792. The van der Waals surface area contributed by atoms with Crippen LogP contribution in [0.25, 0.3) is 10.6 Å². The van der Waals surface area contributed by atoms with Crippen molar-refractivity contribution >= 4 is 17.2 Å². The number of rotatable bonds is 2. The lowest BCUT2D eigenvalue weighted by atomic mass is 9.99. The highest BCUT2D eigenvalue weighted by atomic mass is 32.1. The van der Waals surface area contributed by atoms with Crippen molar-refractivity contribution in [3.05, 3.63) is 29.3 Å². The highest BCUT2D eigenvalue weighted by molar-refractivity contribution is 7.13. The molecule has 1 amide bonds. The first-order valence-electron chi connectivity index (χ1n) is 8.54. The molecule has 2 aliphatic rings. The fourth-order valence-corrected chi connectivity index (χ4v) is 4.13. The Kier molecular flexibility index (Phi) is 4.35. The van der Waals surface area contributed by atoms with Crippen LogP contribution in [0.15, 0.2) is 23.6 Å². The van der Waals surface area contributed by atoms with Crippen LogP contribution in [0.5, 0.6) is 11.5 Å². The van der Waals surface area contributed by atoms with E-state index in [1.807, 2.05) is 35.4 Å². The second-order valence-corrected chi connectivity index (χ2v) is 7.39. The monoisotopic (exact) mass is 359 g/mol. The average Bonchev–Trinajstić information content (AvgIpc) is 3.11. The minimum Gasteiger partial charge on any atom is -0.486 e. The van der Waals surface area contributed by atoms with E-state index in [-0.39, 0.29) is 18.0 Å². The molecular weight excluding hydrogens is 338 g/mol. The third kappa shape index (κ3) is 3.21. The molecule has 25 heavy (non-hydrogen) atoms. The van der Waals surface area contributed by atoms with Crippen molar-refractivity contribution in [2.75, 3.05) is 19.8 Å². The van der Waals surface area contributed by atoms with E-state index < -0.39 is 0 Å². The Morgan fingerprint density at radius 1 is 1.32 bits per heavy atom. The number of hydrogen-bond acceptors (Lipinski definition) is 6. The number of carbonyl (C=O) groups is 1. The lowest BCUT2D eigenvalue weighted by Crippen LogP contribution is -2.48. The third-order valence-corrected chi connectivity index (χ3v) is 5.58. The van der Waals surface area contributed by atoms with Gasteiger partial charge in [0.1, 0.15) is 23.9 Å². The molecule has 1 saturated heterocycles. The normalized spacial score (nSPS) is 22.7. The maximum Gasteiger partial charge on any atom is 0.273 e. The zero-order valence-electron chi connectivity index (χ0n) is 14.1. The second kappa shape index (κ2) is 6.65. The van der Waals surface area contributed by atoms with Gasteiger partial charge in [-0.15, -0.1) is 11.3 Å². The predicted octanol–water partition coefficient (Wildman–Crippen LogP) is 2.53. The Balaban J connectivity index is 1.55. The summed E-state index contributed by atoms with van der Waals surface area (Å²) in [6.07, 6.45) is 1.68. The molecular formula is C18H21N3O3S. The Hall–Kier alpha value is -2.12. The number of nitrogens with two attached hydrogens (primary N) is 1. The van der Waals surface area contributed by atoms with E-state index in [4.69, 9.17) is 15.2 Å². The number of fused-ring (bicyclic) bond motifs is 1. The van der Waals surface area contributed by atoms with Crippen LogP contribution in [0.2, 0.25) is 0 Å². The Labute approximate surface area is 150 Å². The van der Waals surface area contributed by atoms with E-state index in [9.17, 15) is 4.79 Å². The van der Waals surface area contributed by atoms with E-state index in [1.54, 1.807) is 0 Å². The number of piperidine rings is 1. The molecule has 1 aromatic heterocycles. The first-order valence-corrected chi connectivity index (χ1v) is 9.42. The number of benzene rings is 1. The summed E-state index contributed by atoms with van der Waals surface area (Å²) in [4.78, 5) is 19.2. The lowest BCUT2D eigenvalue weighted by molar-refractivity contribution is 0.0614. The molecule has 0 radical (unpaired) electrons. The third-order valence-electron chi connectivity index (χ3n) is 4.69. The zero-order valence-corrected chi connectivity index (χ0v) is 14.9. The van der Waals surface area contributed by atoms with Gasteiger partial charge in [0.15, 0.2) is 11.5 Å². The summed E-state index contributed by atoms with van der Waals surface area (Å²) in [5, 5.41) is 2.64. The number of carbonyl (C=O) groups excluding carboxylic acids is 1. The van der Waals surface area contributed by atoms with Gasteiger partial charge in [-0.25, -0.2) is 4.98 Å². The average molecular weight is 359 g/mol. The maximum absolute atomic E-state index is 12.8. The fourth-order valence-electron chi connectivity index (χ4n) is 3.34. The van der Waals surface area contributed by atoms with E-state index >= 15 is 0 Å². The van der Waals surface area contributed by atoms with E-state index in [1.165, 1.54) is 11.3 Å². The molecule has 0 aliphatic carbocycles. The number of amides is 1. The van der Waals surface area contributed by atoms with Crippen molar-refractivity contribution in [2.45, 2.75) is 31.8 Å².